The van der Waals surface area contributed by atoms with Crippen LogP contribution in [0.3, 0.4) is 0 Å². The SMILES string of the molecule is CN(CC1CCCC1)CC(C(N)=S)C(F)(F)F. The van der Waals surface area contributed by atoms with Crippen molar-refractivity contribution >= 4 is 17.2 Å². The lowest BCUT2D eigenvalue weighted by molar-refractivity contribution is -0.158. The highest BCUT2D eigenvalue weighted by Crippen LogP contribution is 2.29. The minimum absolute atomic E-state index is 0.130. The molecule has 0 aliphatic heterocycles. The molecule has 1 atom stereocenters. The molecular formula is C11H19F3N2S. The van der Waals surface area contributed by atoms with E-state index in [0.29, 0.717) is 12.5 Å². The number of thiocarbonyl (C=S) groups is 1. The van der Waals surface area contributed by atoms with Gasteiger partial charge in [-0.15, -0.1) is 0 Å². The summed E-state index contributed by atoms with van der Waals surface area (Å²) in [5, 5.41) is 0. The van der Waals surface area contributed by atoms with Crippen molar-refractivity contribution in [3.8, 4) is 0 Å². The molecule has 1 saturated carbocycles. The number of rotatable bonds is 5. The zero-order chi connectivity index (χ0) is 13.1. The van der Waals surface area contributed by atoms with E-state index >= 15 is 0 Å². The molecule has 100 valence electrons. The first kappa shape index (κ1) is 14.7. The molecule has 0 aromatic carbocycles. The molecule has 6 heteroatoms. The van der Waals surface area contributed by atoms with Crippen LogP contribution in [0.4, 0.5) is 13.2 Å². The maximum Gasteiger partial charge on any atom is 0.399 e. The molecule has 1 aliphatic rings. The van der Waals surface area contributed by atoms with Gasteiger partial charge in [-0.05, 0) is 25.8 Å². The Morgan fingerprint density at radius 2 is 1.94 bits per heavy atom. The summed E-state index contributed by atoms with van der Waals surface area (Å²) in [6.45, 7) is 0.574. The highest BCUT2D eigenvalue weighted by atomic mass is 32.1. The van der Waals surface area contributed by atoms with Gasteiger partial charge < -0.3 is 10.6 Å². The van der Waals surface area contributed by atoms with Crippen molar-refractivity contribution in [1.29, 1.82) is 0 Å². The lowest BCUT2D eigenvalue weighted by Gasteiger charge is -2.27. The second-order valence-corrected chi connectivity index (χ2v) is 5.34. The first-order valence-corrected chi connectivity index (χ1v) is 6.26. The van der Waals surface area contributed by atoms with Crippen LogP contribution < -0.4 is 5.73 Å². The Bertz CT molecular complexity index is 262. The third-order valence-electron chi connectivity index (χ3n) is 3.28. The van der Waals surface area contributed by atoms with Crippen molar-refractivity contribution in [1.82, 2.24) is 4.90 Å². The van der Waals surface area contributed by atoms with Crippen LogP contribution in [0.1, 0.15) is 25.7 Å². The number of hydrogen-bond donors (Lipinski definition) is 1. The van der Waals surface area contributed by atoms with Crippen LogP contribution in [0.15, 0.2) is 0 Å². The molecule has 1 rings (SSSR count). The summed E-state index contributed by atoms with van der Waals surface area (Å²) in [5.74, 6) is -1.16. The van der Waals surface area contributed by atoms with Crippen LogP contribution in [-0.2, 0) is 0 Å². The van der Waals surface area contributed by atoms with E-state index < -0.39 is 17.1 Å². The summed E-state index contributed by atoms with van der Waals surface area (Å²) in [4.78, 5) is 1.24. The van der Waals surface area contributed by atoms with Gasteiger partial charge in [0.2, 0.25) is 0 Å². The monoisotopic (exact) mass is 268 g/mol. The summed E-state index contributed by atoms with van der Waals surface area (Å²) >= 11 is 4.50. The maximum atomic E-state index is 12.7. The molecule has 1 aliphatic carbocycles. The average Bonchev–Trinajstić information content (AvgIpc) is 2.64. The van der Waals surface area contributed by atoms with Crippen LogP contribution in [-0.4, -0.2) is 36.2 Å². The molecule has 0 amide bonds. The van der Waals surface area contributed by atoms with Crippen molar-refractivity contribution in [3.05, 3.63) is 0 Å². The lowest BCUT2D eigenvalue weighted by atomic mass is 10.1. The summed E-state index contributed by atoms with van der Waals surface area (Å²) in [6.07, 6.45) is 0.283. The molecule has 0 spiro atoms. The quantitative estimate of drug-likeness (QED) is 0.777. The van der Waals surface area contributed by atoms with Gasteiger partial charge in [-0.2, -0.15) is 13.2 Å². The topological polar surface area (TPSA) is 29.3 Å². The first-order chi connectivity index (χ1) is 7.80. The van der Waals surface area contributed by atoms with Gasteiger partial charge in [0.1, 0.15) is 5.92 Å². The molecule has 0 aromatic rings. The molecule has 0 radical (unpaired) electrons. The summed E-state index contributed by atoms with van der Waals surface area (Å²) in [7, 11) is 1.70. The van der Waals surface area contributed by atoms with E-state index in [4.69, 9.17) is 5.73 Å². The first-order valence-electron chi connectivity index (χ1n) is 5.85. The second kappa shape index (κ2) is 6.00. The van der Waals surface area contributed by atoms with Crippen LogP contribution in [0.5, 0.6) is 0 Å². The van der Waals surface area contributed by atoms with Gasteiger partial charge >= 0.3 is 6.18 Å². The zero-order valence-electron chi connectivity index (χ0n) is 9.96. The van der Waals surface area contributed by atoms with Crippen molar-refractivity contribution in [3.63, 3.8) is 0 Å². The van der Waals surface area contributed by atoms with Gasteiger partial charge in [-0.25, -0.2) is 0 Å². The highest BCUT2D eigenvalue weighted by Gasteiger charge is 2.42. The number of nitrogens with zero attached hydrogens (tertiary/aromatic N) is 1. The molecule has 1 fully saturated rings. The van der Waals surface area contributed by atoms with E-state index in [2.05, 4.69) is 12.2 Å². The summed E-state index contributed by atoms with van der Waals surface area (Å²) < 4.78 is 38.0. The van der Waals surface area contributed by atoms with E-state index in [1.165, 1.54) is 12.8 Å². The molecule has 1 unspecified atom stereocenters. The van der Waals surface area contributed by atoms with Crippen LogP contribution in [0, 0.1) is 11.8 Å². The standard InChI is InChI=1S/C11H19F3N2S/c1-16(6-8-4-2-3-5-8)7-9(10(15)17)11(12,13)14/h8-9H,2-7H2,1H3,(H2,15,17). The minimum Gasteiger partial charge on any atom is -0.393 e. The number of alkyl halides is 3. The predicted molar refractivity (Wildman–Crippen MR) is 65.8 cm³/mol. The Labute approximate surface area is 105 Å². The zero-order valence-corrected chi connectivity index (χ0v) is 10.8. The van der Waals surface area contributed by atoms with Gasteiger partial charge in [0.25, 0.3) is 0 Å². The minimum atomic E-state index is -4.34. The van der Waals surface area contributed by atoms with Crippen LogP contribution >= 0.6 is 12.2 Å². The average molecular weight is 268 g/mol. The largest absolute Gasteiger partial charge is 0.399 e. The van der Waals surface area contributed by atoms with E-state index in [-0.39, 0.29) is 6.54 Å². The molecule has 2 nitrogen and oxygen atoms in total. The van der Waals surface area contributed by atoms with E-state index in [1.54, 1.807) is 11.9 Å². The predicted octanol–water partition coefficient (Wildman–Crippen LogP) is 2.57. The summed E-state index contributed by atoms with van der Waals surface area (Å²) in [6, 6.07) is 0. The molecular weight excluding hydrogens is 249 g/mol. The van der Waals surface area contributed by atoms with E-state index in [0.717, 1.165) is 12.8 Å². The fraction of sp³-hybridized carbons (Fsp3) is 0.909. The molecule has 0 saturated heterocycles. The van der Waals surface area contributed by atoms with Crippen molar-refractivity contribution < 1.29 is 13.2 Å². The highest BCUT2D eigenvalue weighted by molar-refractivity contribution is 7.80. The molecule has 17 heavy (non-hydrogen) atoms. The number of halogens is 3. The third kappa shape index (κ3) is 4.79. The second-order valence-electron chi connectivity index (χ2n) is 4.87. The lowest BCUT2D eigenvalue weighted by Crippen LogP contribution is -2.43. The van der Waals surface area contributed by atoms with Crippen molar-refractivity contribution in [2.45, 2.75) is 31.9 Å². The third-order valence-corrected chi connectivity index (χ3v) is 3.56. The molecule has 0 aromatic heterocycles. The maximum absolute atomic E-state index is 12.7. The van der Waals surface area contributed by atoms with Gasteiger partial charge in [-0.3, -0.25) is 0 Å². The smallest absolute Gasteiger partial charge is 0.393 e. The Morgan fingerprint density at radius 3 is 2.35 bits per heavy atom. The molecule has 2 N–H and O–H groups in total. The Balaban J connectivity index is 2.46. The summed E-state index contributed by atoms with van der Waals surface area (Å²) in [5.41, 5.74) is 5.16. The fourth-order valence-electron chi connectivity index (χ4n) is 2.37. The van der Waals surface area contributed by atoms with Gasteiger partial charge in [0, 0.05) is 13.1 Å². The van der Waals surface area contributed by atoms with Gasteiger partial charge in [0.05, 0.1) is 4.99 Å². The Hall–Kier alpha value is -0.360. The Kier molecular flexibility index (Phi) is 5.19. The number of hydrogen-bond acceptors (Lipinski definition) is 2. The van der Waals surface area contributed by atoms with Gasteiger partial charge in [-0.1, -0.05) is 25.1 Å². The Morgan fingerprint density at radius 1 is 1.41 bits per heavy atom. The van der Waals surface area contributed by atoms with E-state index in [1.807, 2.05) is 0 Å². The van der Waals surface area contributed by atoms with E-state index in [9.17, 15) is 13.2 Å². The normalized spacial score (nSPS) is 19.8. The van der Waals surface area contributed by atoms with Gasteiger partial charge in [0.15, 0.2) is 0 Å². The molecule has 0 heterocycles. The van der Waals surface area contributed by atoms with Crippen LogP contribution in [0.25, 0.3) is 0 Å². The fourth-order valence-corrected chi connectivity index (χ4v) is 2.58. The molecule has 0 bridgehead atoms. The van der Waals surface area contributed by atoms with Crippen LogP contribution in [0.2, 0.25) is 0 Å². The number of nitrogens with two attached hydrogens (primary N) is 1. The van der Waals surface area contributed by atoms with Crippen molar-refractivity contribution in [2.24, 2.45) is 17.6 Å². The van der Waals surface area contributed by atoms with Crippen molar-refractivity contribution in [2.75, 3.05) is 20.1 Å².